The molecule has 3 nitrogen and oxygen atoms in total. The molecule has 0 bridgehead atoms. The summed E-state index contributed by atoms with van der Waals surface area (Å²) >= 11 is 11.2. The van der Waals surface area contributed by atoms with Gasteiger partial charge in [0.15, 0.2) is 5.11 Å². The molecule has 18 heavy (non-hydrogen) atoms. The van der Waals surface area contributed by atoms with Crippen molar-refractivity contribution in [1.29, 1.82) is 0 Å². The van der Waals surface area contributed by atoms with Gasteiger partial charge in [0.2, 0.25) is 0 Å². The van der Waals surface area contributed by atoms with Crippen molar-refractivity contribution in [3.05, 3.63) is 53.2 Å². The van der Waals surface area contributed by atoms with Crippen LogP contribution in [0.5, 0.6) is 0 Å². The lowest BCUT2D eigenvalue weighted by Crippen LogP contribution is -2.19. The Bertz CT molecular complexity index is 572. The number of nitrogens with zero attached hydrogens (tertiary/aromatic N) is 1. The molecule has 0 fully saturated rings. The Morgan fingerprint density at radius 3 is 2.72 bits per heavy atom. The fourth-order valence-electron chi connectivity index (χ4n) is 1.44. The molecule has 1 heterocycles. The van der Waals surface area contributed by atoms with Gasteiger partial charge in [-0.05, 0) is 49.0 Å². The molecule has 2 N–H and O–H groups in total. The van der Waals surface area contributed by atoms with Gasteiger partial charge in [0.05, 0.1) is 10.7 Å². The van der Waals surface area contributed by atoms with Gasteiger partial charge in [-0.1, -0.05) is 23.7 Å². The molecule has 0 amide bonds. The Balaban J connectivity index is 2.03. The zero-order valence-corrected chi connectivity index (χ0v) is 11.3. The topological polar surface area (TPSA) is 37.0 Å². The van der Waals surface area contributed by atoms with Crippen molar-refractivity contribution >= 4 is 40.4 Å². The van der Waals surface area contributed by atoms with Crippen LogP contribution < -0.4 is 10.6 Å². The van der Waals surface area contributed by atoms with E-state index in [4.69, 9.17) is 23.8 Å². The van der Waals surface area contributed by atoms with Gasteiger partial charge in [-0.3, -0.25) is 0 Å². The lowest BCUT2D eigenvalue weighted by atomic mass is 10.3. The van der Waals surface area contributed by atoms with Gasteiger partial charge >= 0.3 is 0 Å². The van der Waals surface area contributed by atoms with Crippen molar-refractivity contribution < 1.29 is 0 Å². The highest BCUT2D eigenvalue weighted by atomic mass is 35.5. The molecule has 0 aliphatic carbocycles. The average Bonchev–Trinajstić information content (AvgIpc) is 2.32. The summed E-state index contributed by atoms with van der Waals surface area (Å²) in [5.74, 6) is 0.708. The summed E-state index contributed by atoms with van der Waals surface area (Å²) in [5, 5.41) is 7.12. The molecule has 0 unspecified atom stereocenters. The van der Waals surface area contributed by atoms with Crippen molar-refractivity contribution in [1.82, 2.24) is 4.98 Å². The van der Waals surface area contributed by atoms with Crippen LogP contribution in [0.25, 0.3) is 0 Å². The standard InChI is InChI=1S/C13H12ClN3S/c1-9-6-7-15-12(8-9)17-13(18)16-11-5-3-2-4-10(11)14/h2-8H,1H3,(H2,15,16,17,18). The molecule has 0 saturated heterocycles. The third-order valence-corrected chi connectivity index (χ3v) is 2.81. The Hall–Kier alpha value is -1.65. The summed E-state index contributed by atoms with van der Waals surface area (Å²) in [6.07, 6.45) is 1.73. The summed E-state index contributed by atoms with van der Waals surface area (Å²) in [5.41, 5.74) is 1.89. The number of para-hydroxylation sites is 1. The molecule has 2 rings (SSSR count). The summed E-state index contributed by atoms with van der Waals surface area (Å²) in [6, 6.07) is 11.3. The van der Waals surface area contributed by atoms with Crippen LogP contribution in [-0.2, 0) is 0 Å². The van der Waals surface area contributed by atoms with Gasteiger partial charge in [0.25, 0.3) is 0 Å². The van der Waals surface area contributed by atoms with E-state index in [2.05, 4.69) is 15.6 Å². The van der Waals surface area contributed by atoms with Crippen molar-refractivity contribution in [2.45, 2.75) is 6.92 Å². The number of pyridine rings is 1. The van der Waals surface area contributed by atoms with Gasteiger partial charge in [0.1, 0.15) is 5.82 Å². The van der Waals surface area contributed by atoms with Crippen molar-refractivity contribution in [2.75, 3.05) is 10.6 Å². The van der Waals surface area contributed by atoms with Crippen LogP contribution >= 0.6 is 23.8 Å². The molecule has 1 aromatic carbocycles. The van der Waals surface area contributed by atoms with E-state index in [1.54, 1.807) is 12.3 Å². The summed E-state index contributed by atoms with van der Waals surface area (Å²) in [4.78, 5) is 4.17. The first-order valence-electron chi connectivity index (χ1n) is 5.40. The number of aryl methyl sites for hydroxylation is 1. The number of rotatable bonds is 2. The summed E-state index contributed by atoms with van der Waals surface area (Å²) < 4.78 is 0. The van der Waals surface area contributed by atoms with Gasteiger partial charge in [0, 0.05) is 6.20 Å². The summed E-state index contributed by atoms with van der Waals surface area (Å²) in [7, 11) is 0. The van der Waals surface area contributed by atoms with E-state index >= 15 is 0 Å². The molecule has 0 spiro atoms. The predicted molar refractivity (Wildman–Crippen MR) is 80.3 cm³/mol. The van der Waals surface area contributed by atoms with Crippen LogP contribution in [0.3, 0.4) is 0 Å². The second-order valence-corrected chi connectivity index (χ2v) is 4.59. The van der Waals surface area contributed by atoms with E-state index in [1.165, 1.54) is 0 Å². The number of thiocarbonyl (C=S) groups is 1. The van der Waals surface area contributed by atoms with Crippen LogP contribution in [0.15, 0.2) is 42.6 Å². The Labute approximate surface area is 116 Å². The summed E-state index contributed by atoms with van der Waals surface area (Å²) in [6.45, 7) is 2.00. The number of aromatic nitrogens is 1. The third kappa shape index (κ3) is 3.42. The fraction of sp³-hybridized carbons (Fsp3) is 0.0769. The minimum atomic E-state index is 0.459. The van der Waals surface area contributed by atoms with E-state index in [1.807, 2.05) is 37.3 Å². The zero-order chi connectivity index (χ0) is 13.0. The smallest absolute Gasteiger partial charge is 0.176 e. The molecule has 0 radical (unpaired) electrons. The second kappa shape index (κ2) is 5.80. The highest BCUT2D eigenvalue weighted by Gasteiger charge is 2.02. The number of hydrogen-bond donors (Lipinski definition) is 2. The lowest BCUT2D eigenvalue weighted by Gasteiger charge is -2.11. The normalized spacial score (nSPS) is 9.89. The molecule has 1 aromatic heterocycles. The number of halogens is 1. The first-order chi connectivity index (χ1) is 8.65. The van der Waals surface area contributed by atoms with Gasteiger partial charge in [-0.25, -0.2) is 4.98 Å². The molecule has 0 saturated carbocycles. The predicted octanol–water partition coefficient (Wildman–Crippen LogP) is 3.85. The highest BCUT2D eigenvalue weighted by molar-refractivity contribution is 7.80. The molecule has 0 aliphatic heterocycles. The highest BCUT2D eigenvalue weighted by Crippen LogP contribution is 2.20. The Kier molecular flexibility index (Phi) is 4.12. The van der Waals surface area contributed by atoms with E-state index in [0.29, 0.717) is 16.0 Å². The van der Waals surface area contributed by atoms with Gasteiger partial charge in [-0.2, -0.15) is 0 Å². The van der Waals surface area contributed by atoms with Crippen LogP contribution in [0.4, 0.5) is 11.5 Å². The lowest BCUT2D eigenvalue weighted by molar-refractivity contribution is 1.28. The minimum Gasteiger partial charge on any atom is -0.331 e. The molecule has 2 aromatic rings. The number of anilines is 2. The van der Waals surface area contributed by atoms with Crippen LogP contribution in [0, 0.1) is 6.92 Å². The average molecular weight is 278 g/mol. The number of benzene rings is 1. The monoisotopic (exact) mass is 277 g/mol. The van der Waals surface area contributed by atoms with E-state index in [0.717, 1.165) is 11.3 Å². The maximum absolute atomic E-state index is 6.03. The van der Waals surface area contributed by atoms with Gasteiger partial charge < -0.3 is 10.6 Å². The van der Waals surface area contributed by atoms with E-state index in [-0.39, 0.29) is 0 Å². The third-order valence-electron chi connectivity index (χ3n) is 2.28. The van der Waals surface area contributed by atoms with Crippen molar-refractivity contribution in [3.8, 4) is 0 Å². The molecular weight excluding hydrogens is 266 g/mol. The number of nitrogens with one attached hydrogen (secondary N) is 2. The van der Waals surface area contributed by atoms with Crippen molar-refractivity contribution in [3.63, 3.8) is 0 Å². The van der Waals surface area contributed by atoms with E-state index < -0.39 is 0 Å². The second-order valence-electron chi connectivity index (χ2n) is 3.78. The van der Waals surface area contributed by atoms with E-state index in [9.17, 15) is 0 Å². The quantitative estimate of drug-likeness (QED) is 0.818. The Morgan fingerprint density at radius 1 is 1.22 bits per heavy atom. The van der Waals surface area contributed by atoms with Crippen molar-refractivity contribution in [2.24, 2.45) is 0 Å². The molecule has 5 heteroatoms. The first kappa shape index (κ1) is 12.8. The molecule has 0 aliphatic rings. The molecule has 92 valence electrons. The maximum Gasteiger partial charge on any atom is 0.176 e. The zero-order valence-electron chi connectivity index (χ0n) is 9.77. The van der Waals surface area contributed by atoms with Crippen LogP contribution in [0.2, 0.25) is 5.02 Å². The fourth-order valence-corrected chi connectivity index (χ4v) is 1.83. The largest absolute Gasteiger partial charge is 0.331 e. The maximum atomic E-state index is 6.03. The minimum absolute atomic E-state index is 0.459. The molecular formula is C13H12ClN3S. The van der Waals surface area contributed by atoms with Gasteiger partial charge in [-0.15, -0.1) is 0 Å². The Morgan fingerprint density at radius 2 is 2.00 bits per heavy atom. The first-order valence-corrected chi connectivity index (χ1v) is 6.19. The molecule has 0 atom stereocenters. The van der Waals surface area contributed by atoms with Crippen LogP contribution in [-0.4, -0.2) is 10.1 Å². The SMILES string of the molecule is Cc1ccnc(NC(=S)Nc2ccccc2Cl)c1. The number of hydrogen-bond acceptors (Lipinski definition) is 2. The van der Waals surface area contributed by atoms with Crippen LogP contribution in [0.1, 0.15) is 5.56 Å².